The molecule has 112 valence electrons. The first-order valence-electron chi connectivity index (χ1n) is 7.06. The van der Waals surface area contributed by atoms with Gasteiger partial charge in [0.15, 0.2) is 5.75 Å². The zero-order valence-electron chi connectivity index (χ0n) is 12.1. The Bertz CT molecular complexity index is 727. The van der Waals surface area contributed by atoms with Crippen LogP contribution >= 0.6 is 0 Å². The number of aryl methyl sites for hydroxylation is 1. The van der Waals surface area contributed by atoms with Gasteiger partial charge in [0.2, 0.25) is 5.91 Å². The fourth-order valence-corrected chi connectivity index (χ4v) is 2.34. The largest absolute Gasteiger partial charge is 0.423 e. The molecule has 5 nitrogen and oxygen atoms in total. The van der Waals surface area contributed by atoms with Gasteiger partial charge in [-0.2, -0.15) is 0 Å². The van der Waals surface area contributed by atoms with E-state index in [0.29, 0.717) is 5.75 Å². The van der Waals surface area contributed by atoms with Gasteiger partial charge in [0.05, 0.1) is 12.1 Å². The summed E-state index contributed by atoms with van der Waals surface area (Å²) < 4.78 is 5.24. The second-order valence-corrected chi connectivity index (χ2v) is 5.18. The van der Waals surface area contributed by atoms with E-state index in [0.717, 1.165) is 16.9 Å². The van der Waals surface area contributed by atoms with E-state index in [4.69, 9.17) is 4.74 Å². The molecule has 1 heterocycles. The van der Waals surface area contributed by atoms with Crippen molar-refractivity contribution in [2.24, 2.45) is 0 Å². The molecule has 0 radical (unpaired) electrons. The number of ether oxygens (including phenoxy) is 1. The first kappa shape index (κ1) is 14.1. The van der Waals surface area contributed by atoms with Gasteiger partial charge in [-0.05, 0) is 30.7 Å². The Morgan fingerprint density at radius 3 is 2.73 bits per heavy atom. The second kappa shape index (κ2) is 5.89. The lowest BCUT2D eigenvalue weighted by Gasteiger charge is -2.25. The molecule has 2 aromatic rings. The minimum absolute atomic E-state index is 0.0154. The van der Waals surface area contributed by atoms with Crippen molar-refractivity contribution in [2.75, 3.05) is 10.6 Å². The van der Waals surface area contributed by atoms with E-state index in [1.807, 2.05) is 43.3 Å². The summed E-state index contributed by atoms with van der Waals surface area (Å²) >= 11 is 0. The van der Waals surface area contributed by atoms with E-state index in [-0.39, 0.29) is 12.3 Å². The summed E-state index contributed by atoms with van der Waals surface area (Å²) in [5.41, 5.74) is 2.44. The lowest BCUT2D eigenvalue weighted by atomic mass is 10.1. The molecule has 0 aliphatic carbocycles. The standard InChI is InChI=1S/C17H16N2O3/c1-11-6-2-3-7-12(11)19-16(20)10-14-17(21)22-15-9-5-4-8-13(15)18-14/h2-9,14,18H,10H2,1H3,(H,19,20). The number of benzene rings is 2. The lowest BCUT2D eigenvalue weighted by Crippen LogP contribution is -2.39. The van der Waals surface area contributed by atoms with Crippen molar-refractivity contribution < 1.29 is 14.3 Å². The van der Waals surface area contributed by atoms with Crippen molar-refractivity contribution in [3.8, 4) is 5.75 Å². The van der Waals surface area contributed by atoms with Crippen molar-refractivity contribution in [2.45, 2.75) is 19.4 Å². The quantitative estimate of drug-likeness (QED) is 0.675. The van der Waals surface area contributed by atoms with Crippen molar-refractivity contribution in [1.29, 1.82) is 0 Å². The van der Waals surface area contributed by atoms with Crippen LogP contribution < -0.4 is 15.4 Å². The summed E-state index contributed by atoms with van der Waals surface area (Å²) in [5, 5.41) is 5.86. The number of hydrogen-bond acceptors (Lipinski definition) is 4. The SMILES string of the molecule is Cc1ccccc1NC(=O)CC1Nc2ccccc2OC1=O. The molecule has 1 amide bonds. The predicted molar refractivity (Wildman–Crippen MR) is 83.9 cm³/mol. The van der Waals surface area contributed by atoms with Crippen LogP contribution in [0.25, 0.3) is 0 Å². The zero-order chi connectivity index (χ0) is 15.5. The summed E-state index contributed by atoms with van der Waals surface area (Å²) in [7, 11) is 0. The Morgan fingerprint density at radius 2 is 1.91 bits per heavy atom. The molecule has 1 aliphatic rings. The fraction of sp³-hybridized carbons (Fsp3) is 0.176. The molecule has 0 saturated carbocycles. The molecule has 2 N–H and O–H groups in total. The number of anilines is 2. The maximum Gasteiger partial charge on any atom is 0.334 e. The first-order chi connectivity index (χ1) is 10.6. The van der Waals surface area contributed by atoms with Gasteiger partial charge in [-0.25, -0.2) is 4.79 Å². The Balaban J connectivity index is 1.67. The number of para-hydroxylation sites is 3. The van der Waals surface area contributed by atoms with Gasteiger partial charge in [0.25, 0.3) is 0 Å². The topological polar surface area (TPSA) is 67.4 Å². The van der Waals surface area contributed by atoms with Crippen molar-refractivity contribution in [3.63, 3.8) is 0 Å². The second-order valence-electron chi connectivity index (χ2n) is 5.18. The molecule has 1 atom stereocenters. The van der Waals surface area contributed by atoms with Crippen LogP contribution in [0.5, 0.6) is 5.75 Å². The van der Waals surface area contributed by atoms with Crippen LogP contribution in [0.2, 0.25) is 0 Å². The molecule has 5 heteroatoms. The van der Waals surface area contributed by atoms with Crippen LogP contribution in [0.4, 0.5) is 11.4 Å². The minimum atomic E-state index is -0.682. The van der Waals surface area contributed by atoms with Crippen molar-refractivity contribution >= 4 is 23.3 Å². The molecule has 0 aromatic heterocycles. The highest BCUT2D eigenvalue weighted by atomic mass is 16.5. The summed E-state index contributed by atoms with van der Waals surface area (Å²) in [4.78, 5) is 24.1. The average molecular weight is 296 g/mol. The smallest absolute Gasteiger partial charge is 0.334 e. The van der Waals surface area contributed by atoms with E-state index in [1.165, 1.54) is 0 Å². The van der Waals surface area contributed by atoms with Crippen LogP contribution in [-0.2, 0) is 9.59 Å². The van der Waals surface area contributed by atoms with Crippen molar-refractivity contribution in [1.82, 2.24) is 0 Å². The van der Waals surface area contributed by atoms with Crippen LogP contribution in [0.3, 0.4) is 0 Å². The Kier molecular flexibility index (Phi) is 3.78. The van der Waals surface area contributed by atoms with E-state index in [2.05, 4.69) is 10.6 Å². The van der Waals surface area contributed by atoms with Gasteiger partial charge in [-0.1, -0.05) is 30.3 Å². The van der Waals surface area contributed by atoms with E-state index in [1.54, 1.807) is 12.1 Å². The van der Waals surface area contributed by atoms with Gasteiger partial charge < -0.3 is 15.4 Å². The molecule has 0 fully saturated rings. The predicted octanol–water partition coefficient (Wildman–Crippen LogP) is 2.72. The average Bonchev–Trinajstić information content (AvgIpc) is 2.50. The molecule has 22 heavy (non-hydrogen) atoms. The Morgan fingerprint density at radius 1 is 1.18 bits per heavy atom. The third-order valence-electron chi connectivity index (χ3n) is 3.52. The summed E-state index contributed by atoms with van der Waals surface area (Å²) in [6.07, 6.45) is 0.0154. The number of carbonyl (C=O) groups is 2. The highest BCUT2D eigenvalue weighted by molar-refractivity contribution is 5.97. The van der Waals surface area contributed by atoms with Crippen LogP contribution in [-0.4, -0.2) is 17.9 Å². The van der Waals surface area contributed by atoms with Gasteiger partial charge >= 0.3 is 5.97 Å². The number of carbonyl (C=O) groups excluding carboxylic acids is 2. The first-order valence-corrected chi connectivity index (χ1v) is 7.06. The van der Waals surface area contributed by atoms with Gasteiger partial charge in [-0.3, -0.25) is 4.79 Å². The number of nitrogens with one attached hydrogen (secondary N) is 2. The number of esters is 1. The van der Waals surface area contributed by atoms with Crippen molar-refractivity contribution in [3.05, 3.63) is 54.1 Å². The third-order valence-corrected chi connectivity index (χ3v) is 3.52. The Labute approximate surface area is 128 Å². The monoisotopic (exact) mass is 296 g/mol. The summed E-state index contributed by atoms with van der Waals surface area (Å²) in [5.74, 6) is -0.190. The maximum absolute atomic E-state index is 12.1. The highest BCUT2D eigenvalue weighted by Gasteiger charge is 2.29. The summed E-state index contributed by atoms with van der Waals surface area (Å²) in [6, 6.07) is 14.0. The zero-order valence-corrected chi connectivity index (χ0v) is 12.1. The summed E-state index contributed by atoms with van der Waals surface area (Å²) in [6.45, 7) is 1.92. The number of rotatable bonds is 3. The fourth-order valence-electron chi connectivity index (χ4n) is 2.34. The highest BCUT2D eigenvalue weighted by Crippen LogP contribution is 2.29. The van der Waals surface area contributed by atoms with E-state index < -0.39 is 12.0 Å². The van der Waals surface area contributed by atoms with Gasteiger partial charge in [0, 0.05) is 5.69 Å². The maximum atomic E-state index is 12.1. The molecule has 3 rings (SSSR count). The normalized spacial score (nSPS) is 16.2. The van der Waals surface area contributed by atoms with Gasteiger partial charge in [0.1, 0.15) is 6.04 Å². The molecule has 2 aromatic carbocycles. The van der Waals surface area contributed by atoms with Crippen LogP contribution in [0, 0.1) is 6.92 Å². The molecule has 0 bridgehead atoms. The molecular weight excluding hydrogens is 280 g/mol. The minimum Gasteiger partial charge on any atom is -0.423 e. The number of amides is 1. The molecule has 0 spiro atoms. The number of hydrogen-bond donors (Lipinski definition) is 2. The van der Waals surface area contributed by atoms with E-state index >= 15 is 0 Å². The Hall–Kier alpha value is -2.82. The molecule has 1 aliphatic heterocycles. The molecule has 0 saturated heterocycles. The van der Waals surface area contributed by atoms with Gasteiger partial charge in [-0.15, -0.1) is 0 Å². The third kappa shape index (κ3) is 2.93. The molecular formula is C17H16N2O3. The number of fused-ring (bicyclic) bond motifs is 1. The molecule has 1 unspecified atom stereocenters. The van der Waals surface area contributed by atoms with Crippen LogP contribution in [0.1, 0.15) is 12.0 Å². The van der Waals surface area contributed by atoms with E-state index in [9.17, 15) is 9.59 Å². The van der Waals surface area contributed by atoms with Crippen LogP contribution in [0.15, 0.2) is 48.5 Å². The lowest BCUT2D eigenvalue weighted by molar-refractivity contribution is -0.137.